The Bertz CT molecular complexity index is 631. The summed E-state index contributed by atoms with van der Waals surface area (Å²) in [6.45, 7) is 10.7. The van der Waals surface area contributed by atoms with Gasteiger partial charge in [0.05, 0.1) is 0 Å². The first-order valence-electron chi connectivity index (χ1n) is 9.82. The molecule has 1 aromatic carbocycles. The summed E-state index contributed by atoms with van der Waals surface area (Å²) in [5, 5.41) is 2.91. The van der Waals surface area contributed by atoms with Crippen LogP contribution >= 0.6 is 0 Å². The third-order valence-electron chi connectivity index (χ3n) is 4.95. The van der Waals surface area contributed by atoms with E-state index in [1.807, 2.05) is 18.7 Å². The lowest BCUT2D eigenvalue weighted by molar-refractivity contribution is -0.134. The van der Waals surface area contributed by atoms with E-state index in [0.717, 1.165) is 12.1 Å². The third-order valence-corrected chi connectivity index (χ3v) is 4.95. The molecule has 150 valence electrons. The molecule has 1 unspecified atom stereocenters. The molecular formula is C21H32FN3O2. The van der Waals surface area contributed by atoms with Crippen LogP contribution < -0.4 is 5.32 Å². The van der Waals surface area contributed by atoms with Gasteiger partial charge in [0.25, 0.3) is 0 Å². The van der Waals surface area contributed by atoms with Gasteiger partial charge in [-0.15, -0.1) is 0 Å². The molecule has 0 aliphatic carbocycles. The molecular weight excluding hydrogens is 345 g/mol. The van der Waals surface area contributed by atoms with Crippen LogP contribution in [0.3, 0.4) is 0 Å². The first-order valence-corrected chi connectivity index (χ1v) is 9.82. The average Bonchev–Trinajstić information content (AvgIpc) is 2.74. The Morgan fingerprint density at radius 2 is 1.89 bits per heavy atom. The number of carbonyl (C=O) groups is 2. The van der Waals surface area contributed by atoms with Crippen molar-refractivity contribution in [3.05, 3.63) is 35.6 Å². The van der Waals surface area contributed by atoms with Gasteiger partial charge in [-0.1, -0.05) is 26.0 Å². The summed E-state index contributed by atoms with van der Waals surface area (Å²) >= 11 is 0. The summed E-state index contributed by atoms with van der Waals surface area (Å²) in [6.07, 6.45) is 0.880. The van der Waals surface area contributed by atoms with Crippen LogP contribution in [0.2, 0.25) is 0 Å². The maximum atomic E-state index is 13.2. The number of amides is 2. The molecule has 1 heterocycles. The van der Waals surface area contributed by atoms with Crippen LogP contribution in [0.4, 0.5) is 4.39 Å². The number of rotatable bonds is 7. The van der Waals surface area contributed by atoms with Gasteiger partial charge < -0.3 is 15.1 Å². The standard InChI is InChI=1S/C21H32FN3O2/c1-15(2)19-14-24(11-9-20(26)23-16(3)4)12-10-21(27)25(19)13-17-5-7-18(22)8-6-17/h5-8,15-16,19H,9-14H2,1-4H3,(H,23,26). The van der Waals surface area contributed by atoms with Crippen molar-refractivity contribution in [1.82, 2.24) is 15.1 Å². The Labute approximate surface area is 161 Å². The van der Waals surface area contributed by atoms with Gasteiger partial charge in [0.2, 0.25) is 11.8 Å². The summed E-state index contributed by atoms with van der Waals surface area (Å²) < 4.78 is 13.2. The SMILES string of the molecule is CC(C)NC(=O)CCN1CCC(=O)N(Cc2ccc(F)cc2)C(C(C)C)C1. The van der Waals surface area contributed by atoms with Gasteiger partial charge in [-0.2, -0.15) is 0 Å². The summed E-state index contributed by atoms with van der Waals surface area (Å²) in [7, 11) is 0. The third kappa shape index (κ3) is 6.61. The zero-order valence-corrected chi connectivity index (χ0v) is 16.9. The van der Waals surface area contributed by atoms with E-state index in [0.29, 0.717) is 38.4 Å². The normalized spacial score (nSPS) is 18.9. The largest absolute Gasteiger partial charge is 0.354 e. The molecule has 27 heavy (non-hydrogen) atoms. The zero-order valence-electron chi connectivity index (χ0n) is 16.9. The number of carbonyl (C=O) groups excluding carboxylic acids is 2. The highest BCUT2D eigenvalue weighted by Crippen LogP contribution is 2.21. The predicted octanol–water partition coefficient (Wildman–Crippen LogP) is 2.80. The lowest BCUT2D eigenvalue weighted by Gasteiger charge is -2.35. The number of nitrogens with zero attached hydrogens (tertiary/aromatic N) is 2. The second kappa shape index (κ2) is 9.83. The van der Waals surface area contributed by atoms with Gasteiger partial charge in [0, 0.05) is 51.1 Å². The Hall–Kier alpha value is -1.95. The number of nitrogens with one attached hydrogen (secondary N) is 1. The van der Waals surface area contributed by atoms with Crippen molar-refractivity contribution < 1.29 is 14.0 Å². The van der Waals surface area contributed by atoms with E-state index < -0.39 is 0 Å². The quantitative estimate of drug-likeness (QED) is 0.795. The molecule has 5 nitrogen and oxygen atoms in total. The summed E-state index contributed by atoms with van der Waals surface area (Å²) in [6, 6.07) is 6.54. The van der Waals surface area contributed by atoms with Crippen molar-refractivity contribution in [2.45, 2.75) is 59.2 Å². The van der Waals surface area contributed by atoms with Gasteiger partial charge in [-0.25, -0.2) is 4.39 Å². The average molecular weight is 378 g/mol. The van der Waals surface area contributed by atoms with Crippen LogP contribution in [0.15, 0.2) is 24.3 Å². The van der Waals surface area contributed by atoms with E-state index in [1.54, 1.807) is 12.1 Å². The minimum absolute atomic E-state index is 0.0461. The van der Waals surface area contributed by atoms with Crippen LogP contribution in [0, 0.1) is 11.7 Å². The smallest absolute Gasteiger partial charge is 0.224 e. The lowest BCUT2D eigenvalue weighted by Crippen LogP contribution is -2.46. The van der Waals surface area contributed by atoms with Crippen molar-refractivity contribution in [3.63, 3.8) is 0 Å². The molecule has 0 saturated carbocycles. The van der Waals surface area contributed by atoms with Crippen LogP contribution in [-0.2, 0) is 16.1 Å². The lowest BCUT2D eigenvalue weighted by atomic mass is 10.0. The number of hydrogen-bond acceptors (Lipinski definition) is 3. The second-order valence-corrected chi connectivity index (χ2v) is 7.98. The summed E-state index contributed by atoms with van der Waals surface area (Å²) in [5.41, 5.74) is 0.931. The molecule has 1 atom stereocenters. The van der Waals surface area contributed by atoms with E-state index >= 15 is 0 Å². The van der Waals surface area contributed by atoms with Crippen molar-refractivity contribution in [2.24, 2.45) is 5.92 Å². The monoisotopic (exact) mass is 377 g/mol. The van der Waals surface area contributed by atoms with E-state index in [1.165, 1.54) is 12.1 Å². The maximum Gasteiger partial charge on any atom is 0.224 e. The van der Waals surface area contributed by atoms with Gasteiger partial charge in [-0.3, -0.25) is 9.59 Å². The summed E-state index contributed by atoms with van der Waals surface area (Å²) in [5.74, 6) is 0.184. The number of halogens is 1. The molecule has 1 aliphatic rings. The van der Waals surface area contributed by atoms with Crippen molar-refractivity contribution in [3.8, 4) is 0 Å². The number of benzene rings is 1. The molecule has 6 heteroatoms. The fourth-order valence-corrected chi connectivity index (χ4v) is 3.46. The minimum Gasteiger partial charge on any atom is -0.354 e. The molecule has 2 amide bonds. The Morgan fingerprint density at radius 1 is 1.22 bits per heavy atom. The first-order chi connectivity index (χ1) is 12.8. The summed E-state index contributed by atoms with van der Waals surface area (Å²) in [4.78, 5) is 28.9. The molecule has 1 aromatic rings. The maximum absolute atomic E-state index is 13.2. The molecule has 1 N–H and O–H groups in total. The van der Waals surface area contributed by atoms with E-state index in [9.17, 15) is 14.0 Å². The van der Waals surface area contributed by atoms with E-state index in [2.05, 4.69) is 24.1 Å². The Morgan fingerprint density at radius 3 is 2.48 bits per heavy atom. The van der Waals surface area contributed by atoms with Crippen molar-refractivity contribution in [2.75, 3.05) is 19.6 Å². The second-order valence-electron chi connectivity index (χ2n) is 7.98. The van der Waals surface area contributed by atoms with Gasteiger partial charge >= 0.3 is 0 Å². The van der Waals surface area contributed by atoms with Crippen LogP contribution in [0.25, 0.3) is 0 Å². The van der Waals surface area contributed by atoms with Gasteiger partial charge in [0.15, 0.2) is 0 Å². The fourth-order valence-electron chi connectivity index (χ4n) is 3.46. The Kier molecular flexibility index (Phi) is 7.78. The minimum atomic E-state index is -0.271. The van der Waals surface area contributed by atoms with E-state index in [-0.39, 0.29) is 29.7 Å². The Balaban J connectivity index is 2.04. The first kappa shape index (κ1) is 21.4. The molecule has 0 aromatic heterocycles. The zero-order chi connectivity index (χ0) is 20.0. The fraction of sp³-hybridized carbons (Fsp3) is 0.619. The molecule has 2 rings (SSSR count). The van der Waals surface area contributed by atoms with Crippen LogP contribution in [0.1, 0.15) is 46.1 Å². The van der Waals surface area contributed by atoms with Crippen LogP contribution in [0.5, 0.6) is 0 Å². The number of hydrogen-bond donors (Lipinski definition) is 1. The van der Waals surface area contributed by atoms with E-state index in [4.69, 9.17) is 0 Å². The molecule has 0 bridgehead atoms. The molecule has 1 saturated heterocycles. The molecule has 1 aliphatic heterocycles. The molecule has 1 fully saturated rings. The van der Waals surface area contributed by atoms with Crippen LogP contribution in [-0.4, -0.2) is 53.3 Å². The highest BCUT2D eigenvalue weighted by atomic mass is 19.1. The predicted molar refractivity (Wildman–Crippen MR) is 105 cm³/mol. The molecule has 0 spiro atoms. The highest BCUT2D eigenvalue weighted by molar-refractivity contribution is 5.77. The topological polar surface area (TPSA) is 52.7 Å². The highest BCUT2D eigenvalue weighted by Gasteiger charge is 2.31. The molecule has 0 radical (unpaired) electrons. The van der Waals surface area contributed by atoms with Crippen molar-refractivity contribution >= 4 is 11.8 Å². The van der Waals surface area contributed by atoms with Gasteiger partial charge in [0.1, 0.15) is 5.82 Å². The van der Waals surface area contributed by atoms with Gasteiger partial charge in [-0.05, 0) is 37.5 Å². The van der Waals surface area contributed by atoms with Crippen molar-refractivity contribution in [1.29, 1.82) is 0 Å².